The Balaban J connectivity index is 1.76. The van der Waals surface area contributed by atoms with Gasteiger partial charge >= 0.3 is 6.01 Å². The minimum absolute atomic E-state index is 0.0709. The maximum absolute atomic E-state index is 14.4. The van der Waals surface area contributed by atoms with Gasteiger partial charge in [0, 0.05) is 30.6 Å². The van der Waals surface area contributed by atoms with Crippen LogP contribution in [0.5, 0.6) is 11.8 Å². The molecule has 0 aliphatic heterocycles. The molecule has 0 N–H and O–H groups in total. The Hall–Kier alpha value is -3.80. The second kappa shape index (κ2) is 9.36. The smallest absolute Gasteiger partial charge is 0.322 e. The summed E-state index contributed by atoms with van der Waals surface area (Å²) in [7, 11) is 1.69. The summed E-state index contributed by atoms with van der Waals surface area (Å²) in [6.45, 7) is 6.02. The molecule has 0 amide bonds. The molecule has 2 heterocycles. The summed E-state index contributed by atoms with van der Waals surface area (Å²) in [5.74, 6) is -0.161. The monoisotopic (exact) mass is 443 g/mol. The molecule has 6 heteroatoms. The van der Waals surface area contributed by atoms with E-state index in [4.69, 9.17) is 4.74 Å². The summed E-state index contributed by atoms with van der Waals surface area (Å²) < 4.78 is 21.8. The third-order valence-electron chi connectivity index (χ3n) is 5.73. The van der Waals surface area contributed by atoms with Crippen molar-refractivity contribution >= 4 is 0 Å². The Bertz CT molecular complexity index is 1340. The van der Waals surface area contributed by atoms with Crippen molar-refractivity contribution in [2.24, 2.45) is 7.05 Å². The first-order valence-electron chi connectivity index (χ1n) is 10.9. The molecule has 0 spiro atoms. The zero-order valence-corrected chi connectivity index (χ0v) is 19.2. The van der Waals surface area contributed by atoms with Gasteiger partial charge in [0.05, 0.1) is 5.69 Å². The van der Waals surface area contributed by atoms with E-state index in [9.17, 15) is 9.18 Å². The lowest BCUT2D eigenvalue weighted by Gasteiger charge is -2.16. The van der Waals surface area contributed by atoms with Gasteiger partial charge in [-0.05, 0) is 61.1 Å². The van der Waals surface area contributed by atoms with Gasteiger partial charge in [0.1, 0.15) is 0 Å². The number of nitrogens with zero attached hydrogens (tertiary/aromatic N) is 3. The molecular weight excluding hydrogens is 417 g/mol. The molecular formula is C27H26FN3O2. The van der Waals surface area contributed by atoms with Crippen molar-refractivity contribution in [3.8, 4) is 23.0 Å². The number of halogens is 1. The molecule has 5 nitrogen and oxygen atoms in total. The highest BCUT2D eigenvalue weighted by atomic mass is 19.1. The van der Waals surface area contributed by atoms with Crippen molar-refractivity contribution in [2.75, 3.05) is 0 Å². The van der Waals surface area contributed by atoms with Crippen molar-refractivity contribution in [1.82, 2.24) is 14.5 Å². The van der Waals surface area contributed by atoms with Crippen LogP contribution in [0.3, 0.4) is 0 Å². The quantitative estimate of drug-likeness (QED) is 0.381. The van der Waals surface area contributed by atoms with Gasteiger partial charge in [0.25, 0.3) is 0 Å². The normalized spacial score (nSPS) is 11.9. The molecule has 0 saturated carbocycles. The van der Waals surface area contributed by atoms with E-state index >= 15 is 0 Å². The fraction of sp³-hybridized carbons (Fsp3) is 0.222. The van der Waals surface area contributed by atoms with Crippen molar-refractivity contribution in [3.63, 3.8) is 0 Å². The standard InChI is InChI=1S/C27H26FN3O2/c1-17-8-5-6-10-22(17)19(3)14-21-15-24(20-12-13-25(32)31(4)16-20)30-27(29-21)33-26-18(2)9-7-11-23(26)28/h5-13,15-16,19H,14H2,1-4H3. The maximum atomic E-state index is 14.4. The van der Waals surface area contributed by atoms with E-state index in [0.29, 0.717) is 17.7 Å². The average Bonchev–Trinajstić information content (AvgIpc) is 2.78. The van der Waals surface area contributed by atoms with E-state index in [2.05, 4.69) is 35.9 Å². The Morgan fingerprint density at radius 3 is 2.48 bits per heavy atom. The van der Waals surface area contributed by atoms with Crippen molar-refractivity contribution in [1.29, 1.82) is 0 Å². The molecule has 0 aliphatic carbocycles. The molecule has 1 unspecified atom stereocenters. The minimum Gasteiger partial charge on any atom is -0.421 e. The lowest BCUT2D eigenvalue weighted by molar-refractivity contribution is 0.406. The summed E-state index contributed by atoms with van der Waals surface area (Å²) >= 11 is 0. The first kappa shape index (κ1) is 22.4. The summed E-state index contributed by atoms with van der Waals surface area (Å²) in [4.78, 5) is 21.0. The van der Waals surface area contributed by atoms with Crippen LogP contribution in [-0.4, -0.2) is 14.5 Å². The van der Waals surface area contributed by atoms with Crippen LogP contribution in [0, 0.1) is 19.7 Å². The fourth-order valence-corrected chi connectivity index (χ4v) is 3.92. The Kier molecular flexibility index (Phi) is 6.36. The molecule has 4 rings (SSSR count). The van der Waals surface area contributed by atoms with Crippen LogP contribution >= 0.6 is 0 Å². The lowest BCUT2D eigenvalue weighted by Crippen LogP contribution is -2.14. The molecule has 0 saturated heterocycles. The molecule has 33 heavy (non-hydrogen) atoms. The number of rotatable bonds is 6. The molecule has 0 bridgehead atoms. The second-order valence-corrected chi connectivity index (χ2v) is 8.34. The van der Waals surface area contributed by atoms with Gasteiger partial charge in [-0.1, -0.05) is 43.3 Å². The number of para-hydroxylation sites is 1. The fourth-order valence-electron chi connectivity index (χ4n) is 3.92. The summed E-state index contributed by atoms with van der Waals surface area (Å²) in [6, 6.07) is 18.2. The van der Waals surface area contributed by atoms with E-state index < -0.39 is 5.82 Å². The molecule has 0 fully saturated rings. The third kappa shape index (κ3) is 5.00. The largest absolute Gasteiger partial charge is 0.421 e. The van der Waals surface area contributed by atoms with Gasteiger partial charge in [-0.15, -0.1) is 0 Å². The Morgan fingerprint density at radius 1 is 1.00 bits per heavy atom. The van der Waals surface area contributed by atoms with E-state index in [1.165, 1.54) is 27.8 Å². The molecule has 2 aromatic carbocycles. The van der Waals surface area contributed by atoms with Crippen LogP contribution < -0.4 is 10.3 Å². The Morgan fingerprint density at radius 2 is 1.76 bits per heavy atom. The van der Waals surface area contributed by atoms with Gasteiger partial charge < -0.3 is 9.30 Å². The van der Waals surface area contributed by atoms with Gasteiger partial charge in [-0.2, -0.15) is 9.97 Å². The predicted octanol–water partition coefficient (Wildman–Crippen LogP) is 5.74. The van der Waals surface area contributed by atoms with E-state index in [0.717, 1.165) is 11.3 Å². The summed E-state index contributed by atoms with van der Waals surface area (Å²) in [5.41, 5.74) is 5.13. The molecule has 2 aromatic heterocycles. The van der Waals surface area contributed by atoms with Crippen LogP contribution in [0.25, 0.3) is 11.3 Å². The maximum Gasteiger partial charge on any atom is 0.322 e. The first-order valence-corrected chi connectivity index (χ1v) is 10.9. The van der Waals surface area contributed by atoms with Crippen LogP contribution in [0.1, 0.15) is 35.2 Å². The summed E-state index contributed by atoms with van der Waals surface area (Å²) in [6.07, 6.45) is 2.37. The number of aryl methyl sites for hydroxylation is 3. The van der Waals surface area contributed by atoms with Gasteiger partial charge in [-0.25, -0.2) is 4.39 Å². The predicted molar refractivity (Wildman–Crippen MR) is 127 cm³/mol. The molecule has 4 aromatic rings. The molecule has 0 radical (unpaired) electrons. The number of aromatic nitrogens is 3. The van der Waals surface area contributed by atoms with E-state index in [1.807, 2.05) is 18.2 Å². The highest BCUT2D eigenvalue weighted by molar-refractivity contribution is 5.58. The van der Waals surface area contributed by atoms with Crippen molar-refractivity contribution < 1.29 is 9.13 Å². The highest BCUT2D eigenvalue weighted by Crippen LogP contribution is 2.30. The molecule has 0 aliphatic rings. The minimum atomic E-state index is -0.471. The second-order valence-electron chi connectivity index (χ2n) is 8.34. The van der Waals surface area contributed by atoms with Gasteiger partial charge in [0.2, 0.25) is 5.56 Å². The van der Waals surface area contributed by atoms with E-state index in [-0.39, 0.29) is 23.2 Å². The van der Waals surface area contributed by atoms with Crippen LogP contribution in [-0.2, 0) is 13.5 Å². The van der Waals surface area contributed by atoms with Gasteiger partial charge in [-0.3, -0.25) is 4.79 Å². The molecule has 1 atom stereocenters. The first-order chi connectivity index (χ1) is 15.8. The SMILES string of the molecule is Cc1ccccc1C(C)Cc1cc(-c2ccc(=O)n(C)c2)nc(Oc2c(C)cccc2F)n1. The number of hydrogen-bond donors (Lipinski definition) is 0. The average molecular weight is 444 g/mol. The zero-order valence-electron chi connectivity index (χ0n) is 19.2. The van der Waals surface area contributed by atoms with Crippen LogP contribution in [0.2, 0.25) is 0 Å². The summed E-state index contributed by atoms with van der Waals surface area (Å²) in [5, 5.41) is 0. The number of benzene rings is 2. The lowest BCUT2D eigenvalue weighted by atomic mass is 9.92. The van der Waals surface area contributed by atoms with Crippen molar-refractivity contribution in [3.05, 3.63) is 105 Å². The van der Waals surface area contributed by atoms with Gasteiger partial charge in [0.15, 0.2) is 11.6 Å². The van der Waals surface area contributed by atoms with Crippen LogP contribution in [0.4, 0.5) is 4.39 Å². The zero-order chi connectivity index (χ0) is 23.5. The van der Waals surface area contributed by atoms with Crippen LogP contribution in [0.15, 0.2) is 71.7 Å². The number of hydrogen-bond acceptors (Lipinski definition) is 4. The highest BCUT2D eigenvalue weighted by Gasteiger charge is 2.16. The van der Waals surface area contributed by atoms with E-state index in [1.54, 1.807) is 38.4 Å². The Labute approximate surface area is 192 Å². The van der Waals surface area contributed by atoms with Crippen molar-refractivity contribution in [2.45, 2.75) is 33.1 Å². The number of ether oxygens (including phenoxy) is 1. The topological polar surface area (TPSA) is 57.0 Å². The number of pyridine rings is 1. The molecule has 168 valence electrons. The third-order valence-corrected chi connectivity index (χ3v) is 5.73.